The van der Waals surface area contributed by atoms with Crippen molar-refractivity contribution < 1.29 is 13.2 Å². The predicted molar refractivity (Wildman–Crippen MR) is 119 cm³/mol. The number of nitrogens with one attached hydrogen (secondary N) is 2. The molecule has 8 nitrogen and oxygen atoms in total. The monoisotopic (exact) mass is 515 g/mol. The largest absolute Gasteiger partial charge is 0.354 e. The summed E-state index contributed by atoms with van der Waals surface area (Å²) in [5.41, 5.74) is 0. The third-order valence-corrected chi connectivity index (χ3v) is 7.00. The van der Waals surface area contributed by atoms with Crippen molar-refractivity contribution in [3.63, 3.8) is 0 Å². The summed E-state index contributed by atoms with van der Waals surface area (Å²) in [6.07, 6.45) is 6.16. The van der Waals surface area contributed by atoms with Gasteiger partial charge in [0.15, 0.2) is 5.96 Å². The molecule has 1 amide bonds. The van der Waals surface area contributed by atoms with E-state index < -0.39 is 10.0 Å². The van der Waals surface area contributed by atoms with Crippen molar-refractivity contribution in [2.24, 2.45) is 4.99 Å². The number of likely N-dealkylation sites (N-methyl/N-ethyl adjacent to an activating group) is 1. The molecule has 2 fully saturated rings. The van der Waals surface area contributed by atoms with E-state index in [2.05, 4.69) is 15.6 Å². The maximum absolute atomic E-state index is 12.0. The molecule has 0 aromatic heterocycles. The van der Waals surface area contributed by atoms with Gasteiger partial charge in [-0.3, -0.25) is 4.79 Å². The Morgan fingerprint density at radius 2 is 1.59 bits per heavy atom. The molecule has 0 spiro atoms. The van der Waals surface area contributed by atoms with Crippen LogP contribution in [0.3, 0.4) is 0 Å². The lowest BCUT2D eigenvalue weighted by atomic mass is 10.1. The summed E-state index contributed by atoms with van der Waals surface area (Å²) in [6, 6.07) is 0.566. The van der Waals surface area contributed by atoms with Crippen molar-refractivity contribution in [1.82, 2.24) is 19.8 Å². The summed E-state index contributed by atoms with van der Waals surface area (Å²) in [4.78, 5) is 17.8. The topological polar surface area (TPSA) is 94.1 Å². The zero-order valence-electron chi connectivity index (χ0n) is 16.6. The number of piperidine rings is 1. The number of amides is 1. The van der Waals surface area contributed by atoms with E-state index in [1.807, 2.05) is 0 Å². The van der Waals surface area contributed by atoms with Crippen LogP contribution in [0.1, 0.15) is 45.4 Å². The van der Waals surface area contributed by atoms with Crippen LogP contribution in [-0.2, 0) is 14.8 Å². The molecule has 1 heterocycles. The van der Waals surface area contributed by atoms with E-state index in [1.54, 1.807) is 25.3 Å². The molecular weight excluding hydrogens is 481 g/mol. The number of carbonyl (C=O) groups excluding carboxylic acids is 1. The molecule has 0 aromatic carbocycles. The van der Waals surface area contributed by atoms with Gasteiger partial charge in [-0.15, -0.1) is 24.0 Å². The van der Waals surface area contributed by atoms with Gasteiger partial charge in [-0.25, -0.2) is 17.7 Å². The molecule has 0 radical (unpaired) electrons. The maximum atomic E-state index is 12.0. The zero-order chi connectivity index (χ0) is 19.2. The van der Waals surface area contributed by atoms with Crippen LogP contribution in [-0.4, -0.2) is 81.1 Å². The molecule has 2 aliphatic rings. The predicted octanol–water partition coefficient (Wildman–Crippen LogP) is 0.985. The molecule has 10 heteroatoms. The lowest BCUT2D eigenvalue weighted by Gasteiger charge is -2.32. The number of hydrogen-bond donors (Lipinski definition) is 2. The number of guanidine groups is 1. The van der Waals surface area contributed by atoms with Gasteiger partial charge in [0, 0.05) is 39.3 Å². The smallest absolute Gasteiger partial charge is 0.243 e. The lowest BCUT2D eigenvalue weighted by Crippen LogP contribution is -2.51. The van der Waals surface area contributed by atoms with Gasteiger partial charge in [0.2, 0.25) is 15.9 Å². The van der Waals surface area contributed by atoms with Crippen molar-refractivity contribution in [2.45, 2.75) is 57.5 Å². The molecule has 1 saturated heterocycles. The number of aliphatic imine (C=N–C) groups is 1. The molecule has 1 aliphatic carbocycles. The fraction of sp³-hybridized carbons (Fsp3) is 0.882. The summed E-state index contributed by atoms with van der Waals surface area (Å²) in [6.45, 7) is 2.85. The highest BCUT2D eigenvalue weighted by atomic mass is 127. The number of carbonyl (C=O) groups is 1. The van der Waals surface area contributed by atoms with Crippen LogP contribution >= 0.6 is 24.0 Å². The summed E-state index contributed by atoms with van der Waals surface area (Å²) in [7, 11) is 0.330. The molecule has 0 aromatic rings. The Kier molecular flexibility index (Phi) is 10.3. The first kappa shape index (κ1) is 24.4. The Balaban J connectivity index is 0.00000364. The third-order valence-electron chi connectivity index (χ3n) is 5.12. The summed E-state index contributed by atoms with van der Waals surface area (Å²) in [5, 5.41) is 6.86. The van der Waals surface area contributed by atoms with Gasteiger partial charge in [-0.05, 0) is 32.6 Å². The standard InChI is InChI=1S/C17H33N5O3S.HI/c1-4-26(24,25)22-11-9-15(10-12-22)20-17(18-13-16(23)21(2)3)19-14-7-5-6-8-14;/h14-15H,4-13H2,1-3H3,(H2,18,19,20);1H. The van der Waals surface area contributed by atoms with E-state index in [-0.39, 0.29) is 48.2 Å². The van der Waals surface area contributed by atoms with Crippen LogP contribution < -0.4 is 10.6 Å². The van der Waals surface area contributed by atoms with Crippen LogP contribution in [0.25, 0.3) is 0 Å². The minimum atomic E-state index is -3.11. The van der Waals surface area contributed by atoms with Gasteiger partial charge in [-0.1, -0.05) is 12.8 Å². The average Bonchev–Trinajstić information content (AvgIpc) is 3.12. The third kappa shape index (κ3) is 7.72. The van der Waals surface area contributed by atoms with Gasteiger partial charge in [0.25, 0.3) is 0 Å². The second-order valence-electron chi connectivity index (χ2n) is 7.30. The van der Waals surface area contributed by atoms with Gasteiger partial charge >= 0.3 is 0 Å². The highest BCUT2D eigenvalue weighted by Crippen LogP contribution is 2.18. The normalized spacial score (nSPS) is 20.2. The van der Waals surface area contributed by atoms with E-state index in [9.17, 15) is 13.2 Å². The number of sulfonamides is 1. The van der Waals surface area contributed by atoms with Crippen LogP contribution in [0.5, 0.6) is 0 Å². The maximum Gasteiger partial charge on any atom is 0.243 e. The average molecular weight is 515 g/mol. The Morgan fingerprint density at radius 3 is 2.07 bits per heavy atom. The molecule has 1 aliphatic heterocycles. The van der Waals surface area contributed by atoms with Gasteiger partial charge in [-0.2, -0.15) is 0 Å². The molecule has 2 rings (SSSR count). The van der Waals surface area contributed by atoms with Crippen molar-refractivity contribution in [3.05, 3.63) is 0 Å². The Morgan fingerprint density at radius 1 is 1.07 bits per heavy atom. The van der Waals surface area contributed by atoms with E-state index in [4.69, 9.17) is 0 Å². The fourth-order valence-electron chi connectivity index (χ4n) is 3.34. The molecule has 27 heavy (non-hydrogen) atoms. The number of halogens is 1. The van der Waals surface area contributed by atoms with Gasteiger partial charge < -0.3 is 15.5 Å². The Labute approximate surface area is 180 Å². The van der Waals surface area contributed by atoms with E-state index in [1.165, 1.54) is 17.7 Å². The minimum absolute atomic E-state index is 0. The molecule has 158 valence electrons. The second-order valence-corrected chi connectivity index (χ2v) is 9.55. The first-order valence-corrected chi connectivity index (χ1v) is 11.2. The molecule has 0 bridgehead atoms. The van der Waals surface area contributed by atoms with Crippen LogP contribution in [0, 0.1) is 0 Å². The molecular formula is C17H34IN5O3S. The SMILES string of the molecule is CCS(=O)(=O)N1CCC(NC(=NCC(=O)N(C)C)NC2CCCC2)CC1.I. The minimum Gasteiger partial charge on any atom is -0.354 e. The first-order valence-electron chi connectivity index (χ1n) is 9.57. The Bertz CT molecular complexity index is 598. The number of nitrogens with zero attached hydrogens (tertiary/aromatic N) is 3. The summed E-state index contributed by atoms with van der Waals surface area (Å²) >= 11 is 0. The van der Waals surface area contributed by atoms with Gasteiger partial charge in [0.1, 0.15) is 6.54 Å². The number of rotatable bonds is 6. The highest BCUT2D eigenvalue weighted by Gasteiger charge is 2.27. The van der Waals surface area contributed by atoms with Crippen molar-refractivity contribution in [2.75, 3.05) is 39.5 Å². The fourth-order valence-corrected chi connectivity index (χ4v) is 4.47. The lowest BCUT2D eigenvalue weighted by molar-refractivity contribution is -0.127. The Hall–Kier alpha value is -0.620. The van der Waals surface area contributed by atoms with Crippen LogP contribution in [0.4, 0.5) is 0 Å². The van der Waals surface area contributed by atoms with Crippen LogP contribution in [0.2, 0.25) is 0 Å². The molecule has 2 N–H and O–H groups in total. The zero-order valence-corrected chi connectivity index (χ0v) is 19.8. The first-order chi connectivity index (χ1) is 12.3. The molecule has 0 atom stereocenters. The van der Waals surface area contributed by atoms with Crippen molar-refractivity contribution in [3.8, 4) is 0 Å². The molecule has 0 unspecified atom stereocenters. The van der Waals surface area contributed by atoms with Gasteiger partial charge in [0.05, 0.1) is 5.75 Å². The summed E-state index contributed by atoms with van der Waals surface area (Å²) < 4.78 is 25.5. The molecule has 1 saturated carbocycles. The quantitative estimate of drug-likeness (QED) is 0.313. The second kappa shape index (κ2) is 11.4. The van der Waals surface area contributed by atoms with Crippen LogP contribution in [0.15, 0.2) is 4.99 Å². The van der Waals surface area contributed by atoms with Crippen molar-refractivity contribution >= 4 is 45.9 Å². The number of hydrogen-bond acceptors (Lipinski definition) is 4. The van der Waals surface area contributed by atoms with E-state index in [0.717, 1.165) is 25.7 Å². The summed E-state index contributed by atoms with van der Waals surface area (Å²) in [5.74, 6) is 0.776. The van der Waals surface area contributed by atoms with Crippen molar-refractivity contribution in [1.29, 1.82) is 0 Å². The highest BCUT2D eigenvalue weighted by molar-refractivity contribution is 14.0. The van der Waals surface area contributed by atoms with E-state index in [0.29, 0.717) is 25.1 Å². The van der Waals surface area contributed by atoms with E-state index >= 15 is 0 Å².